The number of fused-ring (bicyclic) bond motifs is 1. The fraction of sp³-hybridized carbons (Fsp3) is 0.588. The molecule has 0 bridgehead atoms. The Kier molecular flexibility index (Phi) is 5.66. The van der Waals surface area contributed by atoms with Crippen LogP contribution in [-0.4, -0.2) is 31.3 Å². The lowest BCUT2D eigenvalue weighted by molar-refractivity contribution is -0.122. The summed E-state index contributed by atoms with van der Waals surface area (Å²) in [6, 6.07) is 3.42. The maximum atomic E-state index is 11.8. The molecule has 0 radical (unpaired) electrons. The van der Waals surface area contributed by atoms with Gasteiger partial charge in [0.2, 0.25) is 5.91 Å². The van der Waals surface area contributed by atoms with Crippen molar-refractivity contribution in [3.05, 3.63) is 23.3 Å². The Morgan fingerprint density at radius 2 is 2.14 bits per heavy atom. The first-order valence-electron chi connectivity index (χ1n) is 7.83. The fourth-order valence-electron chi connectivity index (χ4n) is 3.07. The van der Waals surface area contributed by atoms with E-state index < -0.39 is 6.10 Å². The molecule has 0 saturated carbocycles. The van der Waals surface area contributed by atoms with E-state index in [1.165, 1.54) is 0 Å². The van der Waals surface area contributed by atoms with E-state index in [1.807, 2.05) is 13.0 Å². The number of methoxy groups -OCH3 is 2. The van der Waals surface area contributed by atoms with Gasteiger partial charge < -0.3 is 19.9 Å². The third-order valence-electron chi connectivity index (χ3n) is 4.15. The van der Waals surface area contributed by atoms with Crippen LogP contribution < -0.4 is 14.8 Å². The molecule has 2 rings (SSSR count). The largest absolute Gasteiger partial charge is 0.493 e. The number of carbonyl (C=O) groups excluding carboxylic acids is 1. The summed E-state index contributed by atoms with van der Waals surface area (Å²) in [6.45, 7) is 1.97. The number of aliphatic hydroxyl groups excluding tert-OH is 1. The highest BCUT2D eigenvalue weighted by molar-refractivity contribution is 5.76. The van der Waals surface area contributed by atoms with E-state index >= 15 is 0 Å². The second kappa shape index (κ2) is 7.49. The van der Waals surface area contributed by atoms with Crippen LogP contribution in [0.15, 0.2) is 12.1 Å². The first kappa shape index (κ1) is 16.6. The molecule has 0 saturated heterocycles. The van der Waals surface area contributed by atoms with Crippen molar-refractivity contribution in [2.45, 2.75) is 51.2 Å². The molecule has 122 valence electrons. The lowest BCUT2D eigenvalue weighted by Gasteiger charge is -2.24. The Bertz CT molecular complexity index is 530. The molecule has 0 fully saturated rings. The number of hydrogen-bond acceptors (Lipinski definition) is 4. The van der Waals surface area contributed by atoms with Crippen molar-refractivity contribution in [3.63, 3.8) is 0 Å². The van der Waals surface area contributed by atoms with Crippen LogP contribution in [0.25, 0.3) is 0 Å². The molecule has 1 aromatic rings. The van der Waals surface area contributed by atoms with Gasteiger partial charge in [0.15, 0.2) is 11.5 Å². The minimum absolute atomic E-state index is 0.00419. The number of nitrogens with one attached hydrogen (secondary N) is 1. The highest BCUT2D eigenvalue weighted by atomic mass is 16.5. The summed E-state index contributed by atoms with van der Waals surface area (Å²) in [4.78, 5) is 11.8. The first-order valence-corrected chi connectivity index (χ1v) is 7.83. The summed E-state index contributed by atoms with van der Waals surface area (Å²) < 4.78 is 10.8. The number of ether oxygens (including phenoxy) is 2. The molecule has 1 aromatic carbocycles. The van der Waals surface area contributed by atoms with Crippen LogP contribution in [0.4, 0.5) is 0 Å². The van der Waals surface area contributed by atoms with Crippen LogP contribution in [-0.2, 0) is 11.2 Å². The maximum absolute atomic E-state index is 11.8. The smallest absolute Gasteiger partial charge is 0.220 e. The van der Waals surface area contributed by atoms with Gasteiger partial charge in [0.25, 0.3) is 0 Å². The van der Waals surface area contributed by atoms with Crippen LogP contribution in [0.3, 0.4) is 0 Å². The van der Waals surface area contributed by atoms with Gasteiger partial charge >= 0.3 is 0 Å². The Labute approximate surface area is 131 Å². The van der Waals surface area contributed by atoms with Crippen molar-refractivity contribution >= 4 is 5.91 Å². The molecular formula is C17H25NO4. The van der Waals surface area contributed by atoms with Crippen LogP contribution in [0.2, 0.25) is 0 Å². The Morgan fingerprint density at radius 1 is 1.36 bits per heavy atom. The molecule has 0 aliphatic heterocycles. The number of aliphatic hydroxyl groups is 1. The monoisotopic (exact) mass is 307 g/mol. The van der Waals surface area contributed by atoms with Crippen LogP contribution in [0.1, 0.15) is 49.8 Å². The van der Waals surface area contributed by atoms with Gasteiger partial charge in [0.1, 0.15) is 0 Å². The summed E-state index contributed by atoms with van der Waals surface area (Å²) in [5.41, 5.74) is 1.79. The van der Waals surface area contributed by atoms with Gasteiger partial charge in [0, 0.05) is 12.0 Å². The maximum Gasteiger partial charge on any atom is 0.220 e. The summed E-state index contributed by atoms with van der Waals surface area (Å²) in [7, 11) is 3.21. The molecule has 0 heterocycles. The lowest BCUT2D eigenvalue weighted by atomic mass is 9.97. The molecule has 2 atom stereocenters. The standard InChI is InChI=1S/C17H25NO4/c1-4-6-15(19)18-13-8-5-7-12-11(16(13)20)9-10-14(21-2)17(12)22-3/h9-10,13,16,20H,4-8H2,1-3H3,(H,18,19)/t13-,16+/m1/s1. The highest BCUT2D eigenvalue weighted by Gasteiger charge is 2.29. The Morgan fingerprint density at radius 3 is 2.77 bits per heavy atom. The predicted octanol–water partition coefficient (Wildman–Crippen LogP) is 2.36. The molecule has 1 aliphatic rings. The zero-order valence-corrected chi connectivity index (χ0v) is 13.5. The van der Waals surface area contributed by atoms with Gasteiger partial charge in [-0.05, 0) is 37.3 Å². The number of benzene rings is 1. The molecule has 22 heavy (non-hydrogen) atoms. The molecule has 5 heteroatoms. The zero-order chi connectivity index (χ0) is 16.1. The van der Waals surface area contributed by atoms with Crippen LogP contribution in [0, 0.1) is 0 Å². The normalized spacial score (nSPS) is 20.7. The van der Waals surface area contributed by atoms with E-state index in [0.29, 0.717) is 17.9 Å². The first-order chi connectivity index (χ1) is 10.6. The Balaban J connectivity index is 2.30. The van der Waals surface area contributed by atoms with Crippen molar-refractivity contribution in [3.8, 4) is 11.5 Å². The number of amides is 1. The van der Waals surface area contributed by atoms with E-state index in [2.05, 4.69) is 5.32 Å². The zero-order valence-electron chi connectivity index (χ0n) is 13.5. The minimum Gasteiger partial charge on any atom is -0.493 e. The van der Waals surface area contributed by atoms with E-state index in [-0.39, 0.29) is 11.9 Å². The second-order valence-electron chi connectivity index (χ2n) is 5.63. The fourth-order valence-corrected chi connectivity index (χ4v) is 3.07. The van der Waals surface area contributed by atoms with Crippen molar-refractivity contribution in [2.75, 3.05) is 14.2 Å². The van der Waals surface area contributed by atoms with E-state index in [1.54, 1.807) is 20.3 Å². The van der Waals surface area contributed by atoms with Gasteiger partial charge in [-0.1, -0.05) is 13.0 Å². The van der Waals surface area contributed by atoms with Crippen molar-refractivity contribution in [2.24, 2.45) is 0 Å². The number of carbonyl (C=O) groups is 1. The topological polar surface area (TPSA) is 67.8 Å². The van der Waals surface area contributed by atoms with Crippen molar-refractivity contribution in [1.29, 1.82) is 0 Å². The van der Waals surface area contributed by atoms with E-state index in [4.69, 9.17) is 9.47 Å². The number of rotatable bonds is 5. The SMILES string of the molecule is CCCC(=O)N[C@@H]1CCCc2c(ccc(OC)c2OC)[C@@H]1O. The van der Waals surface area contributed by atoms with E-state index in [9.17, 15) is 9.90 Å². The predicted molar refractivity (Wildman–Crippen MR) is 84.3 cm³/mol. The summed E-state index contributed by atoms with van der Waals surface area (Å²) >= 11 is 0. The molecule has 0 aromatic heterocycles. The third kappa shape index (κ3) is 3.35. The third-order valence-corrected chi connectivity index (χ3v) is 4.15. The average molecular weight is 307 g/mol. The molecule has 0 spiro atoms. The molecule has 2 N–H and O–H groups in total. The van der Waals surface area contributed by atoms with Gasteiger partial charge in [-0.2, -0.15) is 0 Å². The molecular weight excluding hydrogens is 282 g/mol. The minimum atomic E-state index is -0.724. The van der Waals surface area contributed by atoms with Crippen molar-refractivity contribution < 1.29 is 19.4 Å². The van der Waals surface area contributed by atoms with Gasteiger partial charge in [-0.25, -0.2) is 0 Å². The van der Waals surface area contributed by atoms with Crippen LogP contribution >= 0.6 is 0 Å². The van der Waals surface area contributed by atoms with Gasteiger partial charge in [-0.15, -0.1) is 0 Å². The molecule has 0 unspecified atom stereocenters. The average Bonchev–Trinajstić information content (AvgIpc) is 2.66. The number of hydrogen-bond donors (Lipinski definition) is 2. The summed E-state index contributed by atoms with van der Waals surface area (Å²) in [6.07, 6.45) is 2.99. The quantitative estimate of drug-likeness (QED) is 0.820. The molecule has 1 aliphatic carbocycles. The highest BCUT2D eigenvalue weighted by Crippen LogP contribution is 2.40. The summed E-state index contributed by atoms with van der Waals surface area (Å²) in [5, 5.41) is 13.6. The summed E-state index contributed by atoms with van der Waals surface area (Å²) in [5.74, 6) is 1.34. The molecule has 5 nitrogen and oxygen atoms in total. The second-order valence-corrected chi connectivity index (χ2v) is 5.63. The van der Waals surface area contributed by atoms with E-state index in [0.717, 1.165) is 36.8 Å². The Hall–Kier alpha value is -1.75. The molecule has 1 amide bonds. The van der Waals surface area contributed by atoms with Crippen molar-refractivity contribution in [1.82, 2.24) is 5.32 Å². The lowest BCUT2D eigenvalue weighted by Crippen LogP contribution is -2.38. The van der Waals surface area contributed by atoms with Gasteiger partial charge in [0.05, 0.1) is 26.4 Å². The van der Waals surface area contributed by atoms with Crippen LogP contribution in [0.5, 0.6) is 11.5 Å². The van der Waals surface area contributed by atoms with Gasteiger partial charge in [-0.3, -0.25) is 4.79 Å².